The number of hydrogen-bond acceptors (Lipinski definition) is 5. The van der Waals surface area contributed by atoms with Crippen molar-refractivity contribution in [2.75, 3.05) is 31.1 Å². The summed E-state index contributed by atoms with van der Waals surface area (Å²) < 4.78 is 20.9. The lowest BCUT2D eigenvalue weighted by Crippen LogP contribution is -2.24. The van der Waals surface area contributed by atoms with Gasteiger partial charge in [0.25, 0.3) is 0 Å². The van der Waals surface area contributed by atoms with E-state index in [1.165, 1.54) is 0 Å². The summed E-state index contributed by atoms with van der Waals surface area (Å²) in [7, 11) is -1.26. The van der Waals surface area contributed by atoms with Crippen LogP contribution in [-0.4, -0.2) is 42.7 Å². The lowest BCUT2D eigenvalue weighted by atomic mass is 10.0. The van der Waals surface area contributed by atoms with E-state index in [4.69, 9.17) is 4.74 Å². The fourth-order valence-electron chi connectivity index (χ4n) is 4.30. The van der Waals surface area contributed by atoms with Crippen LogP contribution in [0, 0.1) is 6.92 Å². The maximum atomic E-state index is 12.5. The largest absolute Gasteiger partial charge is 0.462 e. The van der Waals surface area contributed by atoms with Gasteiger partial charge in [0.1, 0.15) is 11.0 Å². The van der Waals surface area contributed by atoms with Crippen LogP contribution in [0.15, 0.2) is 71.6 Å². The highest BCUT2D eigenvalue weighted by molar-refractivity contribution is 7.83. The summed E-state index contributed by atoms with van der Waals surface area (Å²) in [6.07, 6.45) is 3.15. The number of nitrogens with one attached hydrogen (secondary N) is 1. The molecule has 182 valence electrons. The average molecular weight is 491 g/mol. The van der Waals surface area contributed by atoms with Crippen molar-refractivity contribution in [3.8, 4) is 0 Å². The number of hydrogen-bond donors (Lipinski definition) is 1. The van der Waals surface area contributed by atoms with Gasteiger partial charge in [0.05, 0.1) is 22.8 Å². The predicted octanol–water partition coefficient (Wildman–Crippen LogP) is 4.27. The van der Waals surface area contributed by atoms with E-state index in [1.54, 1.807) is 12.1 Å². The quantitative estimate of drug-likeness (QED) is 0.247. The van der Waals surface area contributed by atoms with Gasteiger partial charge < -0.3 is 9.64 Å². The number of rotatable bonds is 11. The molecule has 0 saturated carbocycles. The Morgan fingerprint density at radius 3 is 2.63 bits per heavy atom. The van der Waals surface area contributed by atoms with Gasteiger partial charge in [0, 0.05) is 25.2 Å². The first-order valence-electron chi connectivity index (χ1n) is 11.8. The minimum Gasteiger partial charge on any atom is -0.462 e. The van der Waals surface area contributed by atoms with Crippen LogP contribution in [0.3, 0.4) is 0 Å². The monoisotopic (exact) mass is 490 g/mol. The van der Waals surface area contributed by atoms with Gasteiger partial charge in [0.15, 0.2) is 6.29 Å². The fourth-order valence-corrected chi connectivity index (χ4v) is 5.14. The number of ether oxygens (including phenoxy) is 1. The van der Waals surface area contributed by atoms with Gasteiger partial charge in [-0.15, -0.1) is 0 Å². The standard InChI is InChI=1S/C28H30N2O4S/c1-21-8-10-26(11-9-21)35(33)29-14-12-22-18-24-13-16-30(27(24)25(19-22)20-31)15-5-17-34-28(32)23-6-3-2-4-7-23/h2-4,6-11,18-20,29H,5,12-17H2,1H3. The molecule has 0 aromatic heterocycles. The zero-order valence-electron chi connectivity index (χ0n) is 19.9. The molecular formula is C28H30N2O4S. The second kappa shape index (κ2) is 11.9. The molecule has 1 unspecified atom stereocenters. The summed E-state index contributed by atoms with van der Waals surface area (Å²) in [5.41, 5.74) is 5.55. The van der Waals surface area contributed by atoms with Gasteiger partial charge in [-0.05, 0) is 67.6 Å². The van der Waals surface area contributed by atoms with Gasteiger partial charge in [-0.1, -0.05) is 42.0 Å². The highest BCUT2D eigenvalue weighted by atomic mass is 32.2. The van der Waals surface area contributed by atoms with Crippen LogP contribution in [0.25, 0.3) is 0 Å². The molecule has 1 heterocycles. The van der Waals surface area contributed by atoms with Crippen molar-refractivity contribution in [2.45, 2.75) is 31.1 Å². The summed E-state index contributed by atoms with van der Waals surface area (Å²) in [5, 5.41) is 0. The number of esters is 1. The van der Waals surface area contributed by atoms with E-state index in [-0.39, 0.29) is 5.97 Å². The summed E-state index contributed by atoms with van der Waals surface area (Å²) in [5.74, 6) is -0.317. The number of carbonyl (C=O) groups is 2. The Hall–Kier alpha value is -3.29. The lowest BCUT2D eigenvalue weighted by Gasteiger charge is -2.21. The second-order valence-electron chi connectivity index (χ2n) is 8.63. The van der Waals surface area contributed by atoms with Crippen LogP contribution in [0.4, 0.5) is 5.69 Å². The van der Waals surface area contributed by atoms with Crippen LogP contribution in [0.2, 0.25) is 0 Å². The molecule has 1 aliphatic heterocycles. The third-order valence-electron chi connectivity index (χ3n) is 6.07. The van der Waals surface area contributed by atoms with Gasteiger partial charge in [-0.2, -0.15) is 0 Å². The Kier molecular flexibility index (Phi) is 8.45. The van der Waals surface area contributed by atoms with Crippen LogP contribution in [-0.2, 0) is 28.6 Å². The van der Waals surface area contributed by atoms with E-state index in [9.17, 15) is 13.8 Å². The minimum absolute atomic E-state index is 0.317. The van der Waals surface area contributed by atoms with Crippen molar-refractivity contribution in [2.24, 2.45) is 0 Å². The molecule has 7 heteroatoms. The molecule has 3 aromatic carbocycles. The van der Waals surface area contributed by atoms with Crippen LogP contribution >= 0.6 is 0 Å². The number of aryl methyl sites for hydroxylation is 1. The van der Waals surface area contributed by atoms with E-state index in [2.05, 4.69) is 15.7 Å². The Balaban J connectivity index is 1.29. The molecule has 0 radical (unpaired) electrons. The van der Waals surface area contributed by atoms with Crippen molar-refractivity contribution in [1.82, 2.24) is 4.72 Å². The number of carbonyl (C=O) groups excluding carboxylic acids is 2. The van der Waals surface area contributed by atoms with Gasteiger partial charge >= 0.3 is 5.97 Å². The Morgan fingerprint density at radius 2 is 1.89 bits per heavy atom. The Morgan fingerprint density at radius 1 is 1.11 bits per heavy atom. The first-order valence-corrected chi connectivity index (χ1v) is 13.0. The highest BCUT2D eigenvalue weighted by Crippen LogP contribution is 2.32. The van der Waals surface area contributed by atoms with E-state index >= 15 is 0 Å². The van der Waals surface area contributed by atoms with Crippen LogP contribution in [0.1, 0.15) is 43.8 Å². The third-order valence-corrected chi connectivity index (χ3v) is 7.24. The third kappa shape index (κ3) is 6.44. The van der Waals surface area contributed by atoms with E-state index in [0.717, 1.165) is 46.5 Å². The van der Waals surface area contributed by atoms with Gasteiger partial charge in [0.2, 0.25) is 0 Å². The van der Waals surface area contributed by atoms with E-state index in [1.807, 2.05) is 55.5 Å². The van der Waals surface area contributed by atoms with Gasteiger partial charge in [-0.3, -0.25) is 4.79 Å². The molecule has 0 spiro atoms. The zero-order valence-corrected chi connectivity index (χ0v) is 20.7. The summed E-state index contributed by atoms with van der Waals surface area (Å²) in [6.45, 7) is 4.43. The Bertz CT molecular complexity index is 1200. The molecule has 0 aliphatic carbocycles. The molecule has 1 N–H and O–H groups in total. The number of fused-ring (bicyclic) bond motifs is 1. The molecule has 0 amide bonds. The number of aldehydes is 1. The van der Waals surface area contributed by atoms with Crippen LogP contribution < -0.4 is 9.62 Å². The molecule has 0 fully saturated rings. The predicted molar refractivity (Wildman–Crippen MR) is 138 cm³/mol. The van der Waals surface area contributed by atoms with E-state index in [0.29, 0.717) is 43.7 Å². The molecule has 4 rings (SSSR count). The maximum absolute atomic E-state index is 12.5. The first-order chi connectivity index (χ1) is 17.0. The zero-order chi connectivity index (χ0) is 24.6. The van der Waals surface area contributed by atoms with Gasteiger partial charge in [-0.25, -0.2) is 13.7 Å². The molecule has 1 atom stereocenters. The smallest absolute Gasteiger partial charge is 0.338 e. The molecule has 6 nitrogen and oxygen atoms in total. The van der Waals surface area contributed by atoms with Crippen molar-refractivity contribution < 1.29 is 18.5 Å². The molecule has 0 saturated heterocycles. The molecule has 1 aliphatic rings. The molecular weight excluding hydrogens is 460 g/mol. The molecule has 0 bridgehead atoms. The normalized spacial score (nSPS) is 13.3. The SMILES string of the molecule is Cc1ccc(S(=O)NCCc2cc(C=O)c3c(c2)CCN3CCCOC(=O)c2ccccc2)cc1. The molecule has 3 aromatic rings. The number of nitrogens with zero attached hydrogens (tertiary/aromatic N) is 1. The van der Waals surface area contributed by atoms with Crippen LogP contribution in [0.5, 0.6) is 0 Å². The van der Waals surface area contributed by atoms with Crippen molar-refractivity contribution in [1.29, 1.82) is 0 Å². The first kappa shape index (κ1) is 24.8. The van der Waals surface area contributed by atoms with E-state index < -0.39 is 11.0 Å². The van der Waals surface area contributed by atoms with Crippen molar-refractivity contribution in [3.05, 3.63) is 94.5 Å². The minimum atomic E-state index is -1.26. The summed E-state index contributed by atoms with van der Waals surface area (Å²) in [4.78, 5) is 26.9. The number of anilines is 1. The fraction of sp³-hybridized carbons (Fsp3) is 0.286. The average Bonchev–Trinajstić information content (AvgIpc) is 3.29. The summed E-state index contributed by atoms with van der Waals surface area (Å²) in [6, 6.07) is 20.7. The second-order valence-corrected chi connectivity index (χ2v) is 9.93. The number of benzene rings is 3. The lowest BCUT2D eigenvalue weighted by molar-refractivity contribution is 0.0502. The van der Waals surface area contributed by atoms with Crippen molar-refractivity contribution >= 4 is 28.9 Å². The topological polar surface area (TPSA) is 75.7 Å². The summed E-state index contributed by atoms with van der Waals surface area (Å²) >= 11 is 0. The van der Waals surface area contributed by atoms with Crippen molar-refractivity contribution in [3.63, 3.8) is 0 Å². The Labute approximate surface area is 208 Å². The maximum Gasteiger partial charge on any atom is 0.338 e. The highest BCUT2D eigenvalue weighted by Gasteiger charge is 2.23. The molecule has 35 heavy (non-hydrogen) atoms.